The Balaban J connectivity index is 2.26. The van der Waals surface area contributed by atoms with Gasteiger partial charge in [-0.2, -0.15) is 11.8 Å². The van der Waals surface area contributed by atoms with Crippen molar-refractivity contribution < 1.29 is 19.1 Å². The third-order valence-electron chi connectivity index (χ3n) is 2.70. The van der Waals surface area contributed by atoms with Crippen LogP contribution in [0.25, 0.3) is 0 Å². The molecule has 2 rings (SSSR count). The number of carbonyl (C=O) groups is 2. The summed E-state index contributed by atoms with van der Waals surface area (Å²) in [6.07, 6.45) is 1.68. The highest BCUT2D eigenvalue weighted by molar-refractivity contribution is 7.99. The lowest BCUT2D eigenvalue weighted by Gasteiger charge is -2.40. The molecule has 2 unspecified atom stereocenters. The molecule has 0 bridgehead atoms. The van der Waals surface area contributed by atoms with Gasteiger partial charge in [0.15, 0.2) is 5.79 Å². The molecule has 14 heavy (non-hydrogen) atoms. The molecule has 0 saturated carbocycles. The van der Waals surface area contributed by atoms with Crippen molar-refractivity contribution in [2.45, 2.75) is 5.79 Å². The van der Waals surface area contributed by atoms with E-state index >= 15 is 0 Å². The average molecular weight is 216 g/mol. The topological polar surface area (TPSA) is 52.6 Å². The number of ether oxygens (including phenoxy) is 2. The van der Waals surface area contributed by atoms with Crippen LogP contribution >= 0.6 is 11.8 Å². The first kappa shape index (κ1) is 10.1. The lowest BCUT2D eigenvalue weighted by atomic mass is 9.90. The fourth-order valence-electron chi connectivity index (χ4n) is 1.97. The number of rotatable bonds is 2. The zero-order valence-electron chi connectivity index (χ0n) is 7.68. The van der Waals surface area contributed by atoms with Crippen molar-refractivity contribution in [2.75, 3.05) is 24.7 Å². The van der Waals surface area contributed by atoms with Crippen LogP contribution in [-0.2, 0) is 19.1 Å². The van der Waals surface area contributed by atoms with Crippen molar-refractivity contribution in [3.63, 3.8) is 0 Å². The Hall–Kier alpha value is -0.390. The Labute approximate surface area is 86.3 Å². The van der Waals surface area contributed by atoms with E-state index in [0.29, 0.717) is 24.7 Å². The van der Waals surface area contributed by atoms with E-state index in [2.05, 4.69) is 0 Å². The molecule has 2 saturated heterocycles. The first-order chi connectivity index (χ1) is 6.83. The predicted molar refractivity (Wildman–Crippen MR) is 51.1 cm³/mol. The molecule has 4 nitrogen and oxygen atoms in total. The summed E-state index contributed by atoms with van der Waals surface area (Å²) < 4.78 is 11.0. The van der Waals surface area contributed by atoms with Crippen LogP contribution in [0.5, 0.6) is 0 Å². The predicted octanol–water partition coefficient (Wildman–Crippen LogP) is 0.106. The zero-order valence-corrected chi connectivity index (χ0v) is 8.50. The van der Waals surface area contributed by atoms with Crippen LogP contribution < -0.4 is 0 Å². The lowest BCUT2D eigenvalue weighted by Crippen LogP contribution is -2.52. The Morgan fingerprint density at radius 1 is 1.07 bits per heavy atom. The summed E-state index contributed by atoms with van der Waals surface area (Å²) in [7, 11) is 0. The van der Waals surface area contributed by atoms with Gasteiger partial charge in [-0.3, -0.25) is 0 Å². The van der Waals surface area contributed by atoms with Gasteiger partial charge in [0.2, 0.25) is 0 Å². The Bertz CT molecular complexity index is 219. The zero-order chi connectivity index (χ0) is 10.0. The van der Waals surface area contributed by atoms with E-state index < -0.39 is 5.79 Å². The Kier molecular flexibility index (Phi) is 2.90. The molecule has 0 aliphatic carbocycles. The van der Waals surface area contributed by atoms with Gasteiger partial charge >= 0.3 is 0 Å². The van der Waals surface area contributed by atoms with Crippen molar-refractivity contribution >= 4 is 24.3 Å². The van der Waals surface area contributed by atoms with Gasteiger partial charge in [-0.1, -0.05) is 0 Å². The van der Waals surface area contributed by atoms with Gasteiger partial charge < -0.3 is 19.1 Å². The average Bonchev–Trinajstić information content (AvgIpc) is 2.68. The number of thioether (sulfide) groups is 1. The lowest BCUT2D eigenvalue weighted by molar-refractivity contribution is -0.212. The number of carbonyl (C=O) groups excluding carboxylic acids is 2. The standard InChI is InChI=1S/C9H12O4S/c10-3-7-5-14-6-8(4-11)9(7)12-1-2-13-9/h3-4,7-8H,1-2,5-6H2. The smallest absolute Gasteiger partial charge is 0.188 e. The van der Waals surface area contributed by atoms with Crippen LogP contribution in [-0.4, -0.2) is 43.1 Å². The molecule has 2 aliphatic rings. The quantitative estimate of drug-likeness (QED) is 0.613. The van der Waals surface area contributed by atoms with E-state index in [1.807, 2.05) is 0 Å². The second kappa shape index (κ2) is 4.00. The molecule has 0 aromatic rings. The van der Waals surface area contributed by atoms with E-state index in [0.717, 1.165) is 12.6 Å². The third kappa shape index (κ3) is 1.39. The van der Waals surface area contributed by atoms with Crippen LogP contribution in [0.1, 0.15) is 0 Å². The minimum Gasteiger partial charge on any atom is -0.346 e. The van der Waals surface area contributed by atoms with Gasteiger partial charge in [0, 0.05) is 11.5 Å². The molecular formula is C9H12O4S. The minimum atomic E-state index is -0.950. The SMILES string of the molecule is O=CC1CSCC(C=O)C12OCCO2. The minimum absolute atomic E-state index is 0.320. The molecule has 78 valence electrons. The molecule has 0 amide bonds. The van der Waals surface area contributed by atoms with Gasteiger partial charge in [0.1, 0.15) is 12.6 Å². The summed E-state index contributed by atoms with van der Waals surface area (Å²) >= 11 is 1.60. The summed E-state index contributed by atoms with van der Waals surface area (Å²) in [5.74, 6) is -0.242. The molecule has 1 spiro atoms. The van der Waals surface area contributed by atoms with Crippen molar-refractivity contribution in [1.82, 2.24) is 0 Å². The monoisotopic (exact) mass is 216 g/mol. The first-order valence-corrected chi connectivity index (χ1v) is 5.75. The summed E-state index contributed by atoms with van der Waals surface area (Å²) in [4.78, 5) is 21.8. The normalized spacial score (nSPS) is 35.7. The van der Waals surface area contributed by atoms with Crippen LogP contribution in [0, 0.1) is 11.8 Å². The van der Waals surface area contributed by atoms with Crippen molar-refractivity contribution in [2.24, 2.45) is 11.8 Å². The van der Waals surface area contributed by atoms with Gasteiger partial charge in [0.25, 0.3) is 0 Å². The van der Waals surface area contributed by atoms with Crippen molar-refractivity contribution in [1.29, 1.82) is 0 Å². The molecule has 2 fully saturated rings. The summed E-state index contributed by atoms with van der Waals surface area (Å²) in [6.45, 7) is 0.943. The maximum Gasteiger partial charge on any atom is 0.188 e. The summed E-state index contributed by atoms with van der Waals surface area (Å²) in [5.41, 5.74) is 0. The van der Waals surface area contributed by atoms with E-state index in [9.17, 15) is 9.59 Å². The number of aldehydes is 2. The van der Waals surface area contributed by atoms with E-state index in [-0.39, 0.29) is 11.8 Å². The van der Waals surface area contributed by atoms with Crippen LogP contribution in [0.4, 0.5) is 0 Å². The first-order valence-electron chi connectivity index (χ1n) is 4.59. The fraction of sp³-hybridized carbons (Fsp3) is 0.778. The summed E-state index contributed by atoms with van der Waals surface area (Å²) in [6, 6.07) is 0. The van der Waals surface area contributed by atoms with Crippen LogP contribution in [0.2, 0.25) is 0 Å². The van der Waals surface area contributed by atoms with Crippen molar-refractivity contribution in [3.8, 4) is 0 Å². The van der Waals surface area contributed by atoms with Gasteiger partial charge in [-0.25, -0.2) is 0 Å². The molecular weight excluding hydrogens is 204 g/mol. The van der Waals surface area contributed by atoms with Crippen molar-refractivity contribution in [3.05, 3.63) is 0 Å². The van der Waals surface area contributed by atoms with E-state index in [1.54, 1.807) is 11.8 Å². The highest BCUT2D eigenvalue weighted by atomic mass is 32.2. The number of hydrogen-bond donors (Lipinski definition) is 0. The molecule has 2 atom stereocenters. The molecule has 0 aromatic heterocycles. The molecule has 0 N–H and O–H groups in total. The highest BCUT2D eigenvalue weighted by Crippen LogP contribution is 2.41. The van der Waals surface area contributed by atoms with Crippen LogP contribution in [0.3, 0.4) is 0 Å². The largest absolute Gasteiger partial charge is 0.346 e. The van der Waals surface area contributed by atoms with Gasteiger partial charge in [0.05, 0.1) is 25.0 Å². The Morgan fingerprint density at radius 2 is 1.57 bits per heavy atom. The Morgan fingerprint density at radius 3 is 2.00 bits per heavy atom. The molecule has 2 aliphatic heterocycles. The van der Waals surface area contributed by atoms with Gasteiger partial charge in [-0.05, 0) is 0 Å². The third-order valence-corrected chi connectivity index (χ3v) is 3.89. The van der Waals surface area contributed by atoms with Crippen LogP contribution in [0.15, 0.2) is 0 Å². The molecule has 0 radical (unpaired) electrons. The van der Waals surface area contributed by atoms with E-state index in [4.69, 9.17) is 9.47 Å². The summed E-state index contributed by atoms with van der Waals surface area (Å²) in [5, 5.41) is 0. The van der Waals surface area contributed by atoms with Gasteiger partial charge in [-0.15, -0.1) is 0 Å². The molecule has 5 heteroatoms. The second-order valence-electron chi connectivity index (χ2n) is 3.44. The molecule has 2 heterocycles. The van der Waals surface area contributed by atoms with E-state index in [1.165, 1.54) is 0 Å². The maximum atomic E-state index is 10.9. The maximum absolute atomic E-state index is 10.9. The molecule has 0 aromatic carbocycles. The number of hydrogen-bond acceptors (Lipinski definition) is 5. The fourth-order valence-corrected chi connectivity index (χ4v) is 3.24. The highest BCUT2D eigenvalue weighted by Gasteiger charge is 2.52. The second-order valence-corrected chi connectivity index (χ2v) is 4.52.